The molecule has 0 aliphatic carbocycles. The Balaban J connectivity index is 0.000000347. The molecule has 2 aromatic rings. The van der Waals surface area contributed by atoms with Crippen LogP contribution >= 0.6 is 11.3 Å². The number of carbonyl (C=O) groups is 1. The fraction of sp³-hybridized carbons (Fsp3) is 0.0909. The molecule has 1 amide bonds. The van der Waals surface area contributed by atoms with Gasteiger partial charge in [0.25, 0.3) is 16.0 Å². The second-order valence-corrected chi connectivity index (χ2v) is 6.30. The molecule has 5 N–H and O–H groups in total. The minimum Gasteiger partial charge on any atom is -0.370 e. The third kappa shape index (κ3) is 5.78. The van der Waals surface area contributed by atoms with Crippen LogP contribution in [0.25, 0.3) is 10.1 Å². The maximum Gasteiger partial charge on any atom is 0.268 e. The fourth-order valence-corrected chi connectivity index (χ4v) is 2.24. The lowest BCUT2D eigenvalue weighted by molar-refractivity contribution is 0.0980. The Labute approximate surface area is 119 Å². The molecule has 1 aromatic carbocycles. The third-order valence-electron chi connectivity index (χ3n) is 1.90. The van der Waals surface area contributed by atoms with E-state index in [0.29, 0.717) is 11.1 Å². The summed E-state index contributed by atoms with van der Waals surface area (Å²) in [6.45, 7) is 0. The van der Waals surface area contributed by atoms with Crippen molar-refractivity contribution in [1.82, 2.24) is 5.32 Å². The smallest absolute Gasteiger partial charge is 0.268 e. The lowest BCUT2D eigenvalue weighted by Crippen LogP contribution is -2.35. The molecule has 0 unspecified atom stereocenters. The molecular weight excluding hydrogens is 302 g/mol. The number of nitrogens with two attached hydrogens (primary N) is 1. The molecule has 0 atom stereocenters. The number of rotatable bonds is 1. The van der Waals surface area contributed by atoms with E-state index in [0.717, 1.165) is 10.1 Å². The molecule has 20 heavy (non-hydrogen) atoms. The average molecular weight is 315 g/mol. The second kappa shape index (κ2) is 6.46. The number of nitrogens with one attached hydrogen (secondary N) is 2. The number of fused-ring (bicyclic) bond motifs is 1. The minimum absolute atomic E-state index is 0.330. The van der Waals surface area contributed by atoms with Crippen LogP contribution in [0.15, 0.2) is 30.3 Å². The summed E-state index contributed by atoms with van der Waals surface area (Å²) >= 11 is 1.38. The van der Waals surface area contributed by atoms with Gasteiger partial charge in [0, 0.05) is 4.70 Å². The highest BCUT2D eigenvalue weighted by Gasteiger charge is 2.09. The zero-order chi connectivity index (χ0) is 15.3. The van der Waals surface area contributed by atoms with Gasteiger partial charge in [-0.25, -0.2) is 0 Å². The lowest BCUT2D eigenvalue weighted by Gasteiger charge is -1.97. The Bertz CT molecular complexity index is 696. The van der Waals surface area contributed by atoms with E-state index >= 15 is 0 Å². The number of benzene rings is 1. The largest absolute Gasteiger partial charge is 0.370 e. The van der Waals surface area contributed by atoms with Crippen molar-refractivity contribution in [2.45, 2.75) is 0 Å². The van der Waals surface area contributed by atoms with Crippen molar-refractivity contribution in [1.29, 1.82) is 5.41 Å². The fourth-order valence-electron chi connectivity index (χ4n) is 1.28. The summed E-state index contributed by atoms with van der Waals surface area (Å²) < 4.78 is 26.9. The van der Waals surface area contributed by atoms with Crippen molar-refractivity contribution in [2.75, 3.05) is 6.26 Å². The van der Waals surface area contributed by atoms with E-state index in [1.54, 1.807) is 6.07 Å². The summed E-state index contributed by atoms with van der Waals surface area (Å²) in [7, 11) is -3.67. The number of amides is 1. The van der Waals surface area contributed by atoms with Crippen molar-refractivity contribution >= 4 is 43.4 Å². The quantitative estimate of drug-likeness (QED) is 0.354. The van der Waals surface area contributed by atoms with Crippen LogP contribution in [0.3, 0.4) is 0 Å². The molecule has 0 saturated carbocycles. The van der Waals surface area contributed by atoms with Gasteiger partial charge in [-0.05, 0) is 17.5 Å². The SMILES string of the molecule is CS(=O)(=O)O.N=C(N)NC(=O)c1cc2ccccc2s1. The van der Waals surface area contributed by atoms with Crippen molar-refractivity contribution in [3.05, 3.63) is 35.2 Å². The average Bonchev–Trinajstić information content (AvgIpc) is 2.69. The molecular formula is C11H13N3O4S2. The van der Waals surface area contributed by atoms with E-state index in [1.807, 2.05) is 24.3 Å². The summed E-state index contributed by atoms with van der Waals surface area (Å²) in [4.78, 5) is 12.1. The number of guanidine groups is 1. The van der Waals surface area contributed by atoms with Crippen LogP contribution in [0.4, 0.5) is 0 Å². The molecule has 1 aromatic heterocycles. The third-order valence-corrected chi connectivity index (χ3v) is 3.01. The van der Waals surface area contributed by atoms with Crippen molar-refractivity contribution < 1.29 is 17.8 Å². The highest BCUT2D eigenvalue weighted by atomic mass is 32.2. The summed E-state index contributed by atoms with van der Waals surface area (Å²) in [5.41, 5.74) is 5.08. The molecule has 0 saturated heterocycles. The highest BCUT2D eigenvalue weighted by molar-refractivity contribution is 7.85. The van der Waals surface area contributed by atoms with E-state index in [9.17, 15) is 13.2 Å². The van der Waals surface area contributed by atoms with Gasteiger partial charge in [0.2, 0.25) is 0 Å². The Morgan fingerprint density at radius 3 is 2.45 bits per heavy atom. The van der Waals surface area contributed by atoms with Crippen LogP contribution in [-0.2, 0) is 10.1 Å². The molecule has 9 heteroatoms. The van der Waals surface area contributed by atoms with Gasteiger partial charge in [0.15, 0.2) is 5.96 Å². The normalized spacial score (nSPS) is 10.5. The Kier molecular flexibility index (Phi) is 5.19. The zero-order valence-electron chi connectivity index (χ0n) is 10.5. The number of carbonyl (C=O) groups excluding carboxylic acids is 1. The van der Waals surface area contributed by atoms with Gasteiger partial charge >= 0.3 is 0 Å². The Morgan fingerprint density at radius 2 is 1.95 bits per heavy atom. The predicted molar refractivity (Wildman–Crippen MR) is 78.7 cm³/mol. The first kappa shape index (κ1) is 16.1. The first-order chi connectivity index (χ1) is 9.16. The monoisotopic (exact) mass is 315 g/mol. The van der Waals surface area contributed by atoms with Crippen LogP contribution in [0.2, 0.25) is 0 Å². The van der Waals surface area contributed by atoms with E-state index in [4.69, 9.17) is 15.7 Å². The number of hydrogen-bond donors (Lipinski definition) is 4. The van der Waals surface area contributed by atoms with Gasteiger partial charge in [-0.1, -0.05) is 18.2 Å². The van der Waals surface area contributed by atoms with Crippen LogP contribution in [0.5, 0.6) is 0 Å². The van der Waals surface area contributed by atoms with E-state index < -0.39 is 10.1 Å². The molecule has 108 valence electrons. The minimum atomic E-state index is -3.67. The van der Waals surface area contributed by atoms with Crippen LogP contribution < -0.4 is 11.1 Å². The molecule has 0 bridgehead atoms. The highest BCUT2D eigenvalue weighted by Crippen LogP contribution is 2.24. The molecule has 0 fully saturated rings. The summed E-state index contributed by atoms with van der Waals surface area (Å²) in [6.07, 6.45) is 0.715. The molecule has 1 heterocycles. The summed E-state index contributed by atoms with van der Waals surface area (Å²) in [6, 6.07) is 9.52. The van der Waals surface area contributed by atoms with Crippen molar-refractivity contribution in [3.63, 3.8) is 0 Å². The molecule has 7 nitrogen and oxygen atoms in total. The maximum absolute atomic E-state index is 11.5. The maximum atomic E-state index is 11.5. The molecule has 0 aliphatic heterocycles. The van der Waals surface area contributed by atoms with Gasteiger partial charge in [0.1, 0.15) is 0 Å². The lowest BCUT2D eigenvalue weighted by atomic mass is 10.2. The van der Waals surface area contributed by atoms with E-state index in [-0.39, 0.29) is 11.9 Å². The van der Waals surface area contributed by atoms with Crippen molar-refractivity contribution in [2.24, 2.45) is 5.73 Å². The summed E-state index contributed by atoms with van der Waals surface area (Å²) in [5.74, 6) is -0.666. The van der Waals surface area contributed by atoms with Gasteiger partial charge in [-0.2, -0.15) is 8.42 Å². The van der Waals surface area contributed by atoms with Gasteiger partial charge in [0.05, 0.1) is 11.1 Å². The second-order valence-electron chi connectivity index (χ2n) is 3.75. The molecule has 0 spiro atoms. The molecule has 2 rings (SSSR count). The first-order valence-corrected chi connectivity index (χ1v) is 7.89. The Hall–Kier alpha value is -1.97. The standard InChI is InChI=1S/C10H9N3OS.CH4O3S/c11-10(12)13-9(14)8-5-6-3-1-2-4-7(6)15-8;1-5(2,3)4/h1-5H,(H4,11,12,13,14);1H3,(H,2,3,4). The topological polar surface area (TPSA) is 133 Å². The molecule has 0 radical (unpaired) electrons. The van der Waals surface area contributed by atoms with Crippen LogP contribution in [-0.4, -0.2) is 31.1 Å². The zero-order valence-corrected chi connectivity index (χ0v) is 12.1. The Morgan fingerprint density at radius 1 is 1.40 bits per heavy atom. The van der Waals surface area contributed by atoms with E-state index in [1.165, 1.54) is 11.3 Å². The predicted octanol–water partition coefficient (Wildman–Crippen LogP) is 1.03. The first-order valence-electron chi connectivity index (χ1n) is 5.23. The van der Waals surface area contributed by atoms with Crippen LogP contribution in [0, 0.1) is 5.41 Å². The summed E-state index contributed by atoms with van der Waals surface area (Å²) in [5, 5.41) is 10.2. The van der Waals surface area contributed by atoms with Gasteiger partial charge < -0.3 is 5.73 Å². The van der Waals surface area contributed by atoms with Gasteiger partial charge in [-0.15, -0.1) is 11.3 Å². The number of thiophene rings is 1. The van der Waals surface area contributed by atoms with Gasteiger partial charge in [-0.3, -0.25) is 20.1 Å². The number of hydrogen-bond acceptors (Lipinski definition) is 5. The van der Waals surface area contributed by atoms with Crippen LogP contribution in [0.1, 0.15) is 9.67 Å². The van der Waals surface area contributed by atoms with E-state index in [2.05, 4.69) is 5.32 Å². The van der Waals surface area contributed by atoms with Crippen molar-refractivity contribution in [3.8, 4) is 0 Å². The molecule has 0 aliphatic rings.